The molecule has 0 bridgehead atoms. The Kier molecular flexibility index (Phi) is 6.62. The van der Waals surface area contributed by atoms with Gasteiger partial charge in [-0.3, -0.25) is 4.79 Å². The molecule has 0 aliphatic carbocycles. The number of nitrogens with zero attached hydrogens (tertiary/aromatic N) is 2. The van der Waals surface area contributed by atoms with Crippen molar-refractivity contribution in [3.8, 4) is 0 Å². The molecule has 2 aromatic rings. The highest BCUT2D eigenvalue weighted by molar-refractivity contribution is 7.89. The van der Waals surface area contributed by atoms with Crippen molar-refractivity contribution in [3.63, 3.8) is 0 Å². The largest absolute Gasteiger partial charge is 0.322 e. The van der Waals surface area contributed by atoms with Crippen LogP contribution in [-0.2, 0) is 10.0 Å². The number of carbonyl (C=O) groups is 1. The number of nitrogens with one attached hydrogen (secondary N) is 1. The molecule has 1 amide bonds. The van der Waals surface area contributed by atoms with Gasteiger partial charge in [-0.15, -0.1) is 0 Å². The summed E-state index contributed by atoms with van der Waals surface area (Å²) in [5, 5.41) is 3.39. The highest BCUT2D eigenvalue weighted by atomic mass is 35.5. The number of anilines is 1. The number of rotatable bonds is 5. The van der Waals surface area contributed by atoms with Gasteiger partial charge in [-0.2, -0.15) is 4.31 Å². The fraction of sp³-hybridized carbons (Fsp3) is 0.316. The van der Waals surface area contributed by atoms with E-state index in [4.69, 9.17) is 23.2 Å². The van der Waals surface area contributed by atoms with Gasteiger partial charge in [-0.05, 0) is 49.0 Å². The molecule has 150 valence electrons. The molecule has 1 aliphatic rings. The van der Waals surface area contributed by atoms with Crippen molar-refractivity contribution in [2.45, 2.75) is 11.8 Å². The molecule has 2 aromatic carbocycles. The second-order valence-corrected chi connectivity index (χ2v) is 9.22. The highest BCUT2D eigenvalue weighted by Crippen LogP contribution is 2.23. The zero-order valence-corrected chi connectivity index (χ0v) is 17.7. The van der Waals surface area contributed by atoms with Crippen molar-refractivity contribution in [2.24, 2.45) is 0 Å². The van der Waals surface area contributed by atoms with Crippen molar-refractivity contribution in [3.05, 3.63) is 58.1 Å². The number of piperazine rings is 1. The average molecular weight is 442 g/mol. The number of benzene rings is 2. The summed E-state index contributed by atoms with van der Waals surface area (Å²) in [6, 6.07) is 10.7. The monoisotopic (exact) mass is 441 g/mol. The van der Waals surface area contributed by atoms with E-state index in [0.717, 1.165) is 19.6 Å². The molecule has 6 nitrogen and oxygen atoms in total. The fourth-order valence-corrected chi connectivity index (χ4v) is 4.93. The lowest BCUT2D eigenvalue weighted by Gasteiger charge is -2.33. The van der Waals surface area contributed by atoms with Crippen LogP contribution in [-0.4, -0.2) is 56.3 Å². The van der Waals surface area contributed by atoms with Crippen molar-refractivity contribution in [1.82, 2.24) is 9.21 Å². The zero-order valence-electron chi connectivity index (χ0n) is 15.4. The molecule has 0 saturated carbocycles. The van der Waals surface area contributed by atoms with E-state index in [-0.39, 0.29) is 15.5 Å². The maximum absolute atomic E-state index is 12.8. The second kappa shape index (κ2) is 8.80. The van der Waals surface area contributed by atoms with E-state index >= 15 is 0 Å². The summed E-state index contributed by atoms with van der Waals surface area (Å²) in [6.07, 6.45) is 0. The molecule has 28 heavy (non-hydrogen) atoms. The summed E-state index contributed by atoms with van der Waals surface area (Å²) in [5.41, 5.74) is 0.766. The Bertz CT molecular complexity index is 957. The van der Waals surface area contributed by atoms with E-state index in [1.54, 1.807) is 18.2 Å². The van der Waals surface area contributed by atoms with Crippen molar-refractivity contribution >= 4 is 44.8 Å². The fourth-order valence-electron chi connectivity index (χ4n) is 3.02. The number of amides is 1. The molecule has 3 rings (SSSR count). The van der Waals surface area contributed by atoms with Crippen molar-refractivity contribution in [2.75, 3.05) is 38.0 Å². The third kappa shape index (κ3) is 4.67. The maximum Gasteiger partial charge on any atom is 0.257 e. The van der Waals surface area contributed by atoms with E-state index in [1.165, 1.54) is 28.6 Å². The van der Waals surface area contributed by atoms with Crippen LogP contribution in [0.5, 0.6) is 0 Å². The van der Waals surface area contributed by atoms with Gasteiger partial charge in [-0.25, -0.2) is 8.42 Å². The lowest BCUT2D eigenvalue weighted by molar-refractivity contribution is 0.102. The van der Waals surface area contributed by atoms with Crippen LogP contribution >= 0.6 is 23.2 Å². The lowest BCUT2D eigenvalue weighted by atomic mass is 10.2. The van der Waals surface area contributed by atoms with Gasteiger partial charge < -0.3 is 10.2 Å². The van der Waals surface area contributed by atoms with E-state index in [1.807, 2.05) is 0 Å². The molecule has 1 fully saturated rings. The molecular formula is C19H21Cl2N3O3S. The van der Waals surface area contributed by atoms with Gasteiger partial charge in [-0.1, -0.05) is 30.1 Å². The van der Waals surface area contributed by atoms with Crippen LogP contribution in [0.15, 0.2) is 47.4 Å². The van der Waals surface area contributed by atoms with Crippen LogP contribution in [0, 0.1) is 0 Å². The smallest absolute Gasteiger partial charge is 0.257 e. The number of hydrogen-bond acceptors (Lipinski definition) is 4. The Balaban J connectivity index is 1.70. The molecule has 1 aliphatic heterocycles. The van der Waals surface area contributed by atoms with Gasteiger partial charge in [0.1, 0.15) is 0 Å². The molecule has 9 heteroatoms. The summed E-state index contributed by atoms with van der Waals surface area (Å²) in [5.74, 6) is -0.395. The average Bonchev–Trinajstić information content (AvgIpc) is 2.68. The normalized spacial score (nSPS) is 16.1. The summed E-state index contributed by atoms with van der Waals surface area (Å²) in [4.78, 5) is 14.8. The van der Waals surface area contributed by atoms with Gasteiger partial charge >= 0.3 is 0 Å². The van der Waals surface area contributed by atoms with E-state index in [9.17, 15) is 13.2 Å². The van der Waals surface area contributed by atoms with Crippen LogP contribution in [0.3, 0.4) is 0 Å². The number of halogens is 2. The first-order valence-corrected chi connectivity index (χ1v) is 11.1. The van der Waals surface area contributed by atoms with Gasteiger partial charge in [0.05, 0.1) is 15.5 Å². The van der Waals surface area contributed by atoms with Crippen molar-refractivity contribution < 1.29 is 13.2 Å². The minimum Gasteiger partial charge on any atom is -0.322 e. The SMILES string of the molecule is CCN1CCN(S(=O)(=O)c2ccc(NC(=O)c3ccc(Cl)cc3Cl)cc2)CC1. The molecule has 0 spiro atoms. The number of sulfonamides is 1. The topological polar surface area (TPSA) is 69.7 Å². The first-order chi connectivity index (χ1) is 13.3. The lowest BCUT2D eigenvalue weighted by Crippen LogP contribution is -2.48. The highest BCUT2D eigenvalue weighted by Gasteiger charge is 2.27. The summed E-state index contributed by atoms with van der Waals surface area (Å²) in [7, 11) is -3.54. The molecule has 1 heterocycles. The standard InChI is InChI=1S/C19H21Cl2N3O3S/c1-2-23-9-11-24(12-10-23)28(26,27)16-6-4-15(5-7-16)22-19(25)17-8-3-14(20)13-18(17)21/h3-8,13H,2,9-12H2,1H3,(H,22,25). The van der Waals surface area contributed by atoms with Crippen LogP contribution in [0.1, 0.15) is 17.3 Å². The summed E-state index contributed by atoms with van der Waals surface area (Å²) < 4.78 is 27.1. The van der Waals surface area contributed by atoms with Crippen molar-refractivity contribution in [1.29, 1.82) is 0 Å². The van der Waals surface area contributed by atoms with Gasteiger partial charge in [0, 0.05) is 36.9 Å². The molecule has 0 radical (unpaired) electrons. The third-order valence-electron chi connectivity index (χ3n) is 4.70. The Labute approximate surface area is 175 Å². The van der Waals surface area contributed by atoms with Gasteiger partial charge in [0.15, 0.2) is 0 Å². The molecule has 0 unspecified atom stereocenters. The predicted octanol–water partition coefficient (Wildman–Crippen LogP) is 3.57. The minimum atomic E-state index is -3.54. The molecular weight excluding hydrogens is 421 g/mol. The van der Waals surface area contributed by atoms with Crippen LogP contribution in [0.4, 0.5) is 5.69 Å². The first kappa shape index (κ1) is 21.1. The number of hydrogen-bond donors (Lipinski definition) is 1. The molecule has 0 aromatic heterocycles. The Hall–Kier alpha value is -1.64. The maximum atomic E-state index is 12.8. The van der Waals surface area contributed by atoms with E-state index < -0.39 is 15.9 Å². The molecule has 1 saturated heterocycles. The zero-order chi connectivity index (χ0) is 20.3. The Morgan fingerprint density at radius 1 is 1.04 bits per heavy atom. The minimum absolute atomic E-state index is 0.208. The van der Waals surface area contributed by atoms with E-state index in [0.29, 0.717) is 23.8 Å². The van der Waals surface area contributed by atoms with E-state index in [2.05, 4.69) is 17.1 Å². The van der Waals surface area contributed by atoms with Crippen LogP contribution in [0.2, 0.25) is 10.0 Å². The Morgan fingerprint density at radius 3 is 2.25 bits per heavy atom. The summed E-state index contributed by atoms with van der Waals surface area (Å²) >= 11 is 11.9. The summed E-state index contributed by atoms with van der Waals surface area (Å²) in [6.45, 7) is 5.39. The molecule has 1 N–H and O–H groups in total. The predicted molar refractivity (Wildman–Crippen MR) is 112 cm³/mol. The quantitative estimate of drug-likeness (QED) is 0.769. The number of carbonyl (C=O) groups excluding carboxylic acids is 1. The first-order valence-electron chi connectivity index (χ1n) is 8.90. The molecule has 0 atom stereocenters. The van der Waals surface area contributed by atoms with Gasteiger partial charge in [0.25, 0.3) is 5.91 Å². The second-order valence-electron chi connectivity index (χ2n) is 6.44. The van der Waals surface area contributed by atoms with Crippen LogP contribution in [0.25, 0.3) is 0 Å². The van der Waals surface area contributed by atoms with Gasteiger partial charge in [0.2, 0.25) is 10.0 Å². The Morgan fingerprint density at radius 2 is 1.68 bits per heavy atom. The number of likely N-dealkylation sites (N-methyl/N-ethyl adjacent to an activating group) is 1. The van der Waals surface area contributed by atoms with Crippen LogP contribution < -0.4 is 5.32 Å². The third-order valence-corrected chi connectivity index (χ3v) is 7.16.